The van der Waals surface area contributed by atoms with Gasteiger partial charge in [-0.1, -0.05) is 0 Å². The van der Waals surface area contributed by atoms with Crippen LogP contribution in [0.5, 0.6) is 0 Å². The summed E-state index contributed by atoms with van der Waals surface area (Å²) in [7, 11) is 1.26. The molecule has 2 aliphatic rings. The van der Waals surface area contributed by atoms with Crippen molar-refractivity contribution in [3.05, 3.63) is 18.0 Å². The van der Waals surface area contributed by atoms with Crippen LogP contribution >= 0.6 is 0 Å². The number of aliphatic hydroxyl groups excluding tert-OH is 1. The highest BCUT2D eigenvalue weighted by Crippen LogP contribution is 2.36. The van der Waals surface area contributed by atoms with Crippen LogP contribution in [0.15, 0.2) is 12.3 Å². The first-order valence-corrected chi connectivity index (χ1v) is 10.8. The summed E-state index contributed by atoms with van der Waals surface area (Å²) < 4.78 is 51.4. The molecule has 0 spiro atoms. The van der Waals surface area contributed by atoms with Crippen LogP contribution < -0.4 is 16.0 Å². The van der Waals surface area contributed by atoms with Crippen molar-refractivity contribution in [3.8, 4) is 11.3 Å². The van der Waals surface area contributed by atoms with E-state index in [-0.39, 0.29) is 36.2 Å². The lowest BCUT2D eigenvalue weighted by molar-refractivity contribution is -0.140. The predicted octanol–water partition coefficient (Wildman–Crippen LogP) is 0.986. The molecule has 15 heteroatoms. The molecule has 2 aromatic heterocycles. The standard InChI is InChI=1S/C20H25F3N8O4/c1-34-18(33)31-3-2-19(10-31,11-32)29-14-8-13(26-17(27-14)30-4-6-35-7-5-30)12-9-25-16(24)28-15(12)20(21,22)23/h8-9,32H,2-7,10-11H2,1H3,(H2,24,25,28)(H,26,27,29)/t19-/m0/s1. The van der Waals surface area contributed by atoms with Crippen LogP contribution in [0.25, 0.3) is 11.3 Å². The van der Waals surface area contributed by atoms with Crippen molar-refractivity contribution in [2.24, 2.45) is 0 Å². The Kier molecular flexibility index (Phi) is 6.80. The second-order valence-corrected chi connectivity index (χ2v) is 8.23. The maximum absolute atomic E-state index is 13.8. The molecular formula is C20H25F3N8O4. The Hall–Kier alpha value is -3.46. The van der Waals surface area contributed by atoms with Crippen molar-refractivity contribution in [1.82, 2.24) is 24.8 Å². The summed E-state index contributed by atoms with van der Waals surface area (Å²) >= 11 is 0. The Labute approximate surface area is 198 Å². The van der Waals surface area contributed by atoms with Gasteiger partial charge in [0.05, 0.1) is 38.2 Å². The van der Waals surface area contributed by atoms with Gasteiger partial charge in [-0.3, -0.25) is 0 Å². The number of hydrogen-bond donors (Lipinski definition) is 3. The molecule has 2 aliphatic heterocycles. The van der Waals surface area contributed by atoms with E-state index in [1.165, 1.54) is 18.1 Å². The van der Waals surface area contributed by atoms with Gasteiger partial charge in [-0.25, -0.2) is 19.7 Å². The molecule has 0 bridgehead atoms. The maximum atomic E-state index is 13.8. The van der Waals surface area contributed by atoms with Gasteiger partial charge in [0.25, 0.3) is 0 Å². The number of aromatic nitrogens is 4. The minimum absolute atomic E-state index is 0.0766. The molecule has 0 aliphatic carbocycles. The Bertz CT molecular complexity index is 1080. The fourth-order valence-corrected chi connectivity index (χ4v) is 4.04. The van der Waals surface area contributed by atoms with E-state index in [0.717, 1.165) is 6.20 Å². The molecule has 2 saturated heterocycles. The average molecular weight is 498 g/mol. The molecular weight excluding hydrogens is 473 g/mol. The van der Waals surface area contributed by atoms with Crippen LogP contribution in [-0.2, 0) is 15.7 Å². The third-order valence-electron chi connectivity index (χ3n) is 5.84. The second kappa shape index (κ2) is 9.65. The van der Waals surface area contributed by atoms with E-state index in [4.69, 9.17) is 15.2 Å². The highest BCUT2D eigenvalue weighted by Gasteiger charge is 2.41. The number of amides is 1. The second-order valence-electron chi connectivity index (χ2n) is 8.23. The number of morpholine rings is 1. The van der Waals surface area contributed by atoms with E-state index in [1.54, 1.807) is 4.90 Å². The van der Waals surface area contributed by atoms with Gasteiger partial charge >= 0.3 is 12.3 Å². The van der Waals surface area contributed by atoms with Crippen molar-refractivity contribution in [1.29, 1.82) is 0 Å². The summed E-state index contributed by atoms with van der Waals surface area (Å²) in [6, 6.07) is 1.33. The molecule has 4 rings (SSSR count). The molecule has 12 nitrogen and oxygen atoms in total. The van der Waals surface area contributed by atoms with E-state index in [9.17, 15) is 23.1 Å². The fourth-order valence-electron chi connectivity index (χ4n) is 4.04. The fraction of sp³-hybridized carbons (Fsp3) is 0.550. The van der Waals surface area contributed by atoms with E-state index < -0.39 is 29.5 Å². The lowest BCUT2D eigenvalue weighted by atomic mass is 10.00. The number of rotatable bonds is 5. The first-order chi connectivity index (χ1) is 16.6. The molecule has 2 fully saturated rings. The third-order valence-corrected chi connectivity index (χ3v) is 5.84. The van der Waals surface area contributed by atoms with Gasteiger partial charge in [0.15, 0.2) is 5.69 Å². The van der Waals surface area contributed by atoms with Crippen LogP contribution in [0.4, 0.5) is 35.7 Å². The van der Waals surface area contributed by atoms with Crippen LogP contribution in [0.1, 0.15) is 12.1 Å². The lowest BCUT2D eigenvalue weighted by Gasteiger charge is -2.31. The minimum atomic E-state index is -4.80. The van der Waals surface area contributed by atoms with Crippen molar-refractivity contribution < 1.29 is 32.5 Å². The molecule has 0 radical (unpaired) electrons. The van der Waals surface area contributed by atoms with Crippen molar-refractivity contribution in [2.75, 3.05) is 69.1 Å². The van der Waals surface area contributed by atoms with Crippen LogP contribution in [0, 0.1) is 0 Å². The lowest BCUT2D eigenvalue weighted by Crippen LogP contribution is -2.46. The first-order valence-electron chi connectivity index (χ1n) is 10.8. The summed E-state index contributed by atoms with van der Waals surface area (Å²) in [4.78, 5) is 31.1. The Morgan fingerprint density at radius 1 is 1.29 bits per heavy atom. The monoisotopic (exact) mass is 498 g/mol. The number of nitrogens with one attached hydrogen (secondary N) is 1. The average Bonchev–Trinajstić information content (AvgIpc) is 3.27. The largest absolute Gasteiger partial charge is 0.453 e. The summed E-state index contributed by atoms with van der Waals surface area (Å²) in [6.45, 7) is 1.77. The highest BCUT2D eigenvalue weighted by atomic mass is 19.4. The number of anilines is 3. The quantitative estimate of drug-likeness (QED) is 0.541. The summed E-state index contributed by atoms with van der Waals surface area (Å²) in [5, 5.41) is 13.3. The number of likely N-dealkylation sites (tertiary alicyclic amines) is 1. The van der Waals surface area contributed by atoms with Gasteiger partial charge in [0.1, 0.15) is 5.82 Å². The highest BCUT2D eigenvalue weighted by molar-refractivity contribution is 5.69. The van der Waals surface area contributed by atoms with E-state index in [1.807, 2.05) is 0 Å². The number of nitrogen functional groups attached to an aromatic ring is 1. The first kappa shape index (κ1) is 24.7. The third kappa shape index (κ3) is 5.30. The molecule has 190 valence electrons. The van der Waals surface area contributed by atoms with Gasteiger partial charge in [-0.2, -0.15) is 18.2 Å². The predicted molar refractivity (Wildman–Crippen MR) is 118 cm³/mol. The Balaban J connectivity index is 1.76. The zero-order valence-corrected chi connectivity index (χ0v) is 18.9. The van der Waals surface area contributed by atoms with Crippen LogP contribution in [-0.4, -0.2) is 94.7 Å². The van der Waals surface area contributed by atoms with Crippen molar-refractivity contribution in [3.63, 3.8) is 0 Å². The number of ether oxygens (including phenoxy) is 2. The number of carbonyl (C=O) groups is 1. The molecule has 1 amide bonds. The maximum Gasteiger partial charge on any atom is 0.434 e. The van der Waals surface area contributed by atoms with Gasteiger partial charge < -0.3 is 35.4 Å². The summed E-state index contributed by atoms with van der Waals surface area (Å²) in [5.41, 5.74) is 2.76. The van der Waals surface area contributed by atoms with Gasteiger partial charge in [-0.05, 0) is 6.42 Å². The minimum Gasteiger partial charge on any atom is -0.453 e. The zero-order chi connectivity index (χ0) is 25.2. The molecule has 1 atom stereocenters. The zero-order valence-electron chi connectivity index (χ0n) is 18.9. The van der Waals surface area contributed by atoms with Gasteiger partial charge in [0, 0.05) is 44.0 Å². The van der Waals surface area contributed by atoms with E-state index >= 15 is 0 Å². The molecule has 0 aromatic carbocycles. The number of nitrogens with zero attached hydrogens (tertiary/aromatic N) is 6. The molecule has 4 N–H and O–H groups in total. The Morgan fingerprint density at radius 2 is 2.03 bits per heavy atom. The Morgan fingerprint density at radius 3 is 2.69 bits per heavy atom. The van der Waals surface area contributed by atoms with Gasteiger partial charge in [0.2, 0.25) is 11.9 Å². The number of hydrogen-bond acceptors (Lipinski definition) is 11. The molecule has 2 aromatic rings. The molecule has 35 heavy (non-hydrogen) atoms. The smallest absolute Gasteiger partial charge is 0.434 e. The SMILES string of the molecule is COC(=O)N1CC[C@](CO)(Nc2cc(-c3cnc(N)nc3C(F)(F)F)nc(N3CCOCC3)n2)C1. The van der Waals surface area contributed by atoms with Crippen molar-refractivity contribution in [2.45, 2.75) is 18.1 Å². The summed E-state index contributed by atoms with van der Waals surface area (Å²) in [6.07, 6.45) is -4.02. The van der Waals surface area contributed by atoms with Crippen LogP contribution in [0.2, 0.25) is 0 Å². The number of aliphatic hydroxyl groups is 1. The van der Waals surface area contributed by atoms with Crippen molar-refractivity contribution >= 4 is 23.8 Å². The molecule has 0 unspecified atom stereocenters. The topological polar surface area (TPSA) is 152 Å². The number of nitrogens with two attached hydrogens (primary N) is 1. The van der Waals surface area contributed by atoms with E-state index in [2.05, 4.69) is 25.3 Å². The van der Waals surface area contributed by atoms with Gasteiger partial charge in [-0.15, -0.1) is 0 Å². The molecule has 4 heterocycles. The van der Waals surface area contributed by atoms with Crippen LogP contribution in [0.3, 0.4) is 0 Å². The number of carbonyl (C=O) groups excluding carboxylic acids is 1. The number of halogens is 3. The normalized spacial score (nSPS) is 20.7. The van der Waals surface area contributed by atoms with E-state index in [0.29, 0.717) is 39.3 Å². The number of methoxy groups -OCH3 is 1. The number of alkyl halides is 3. The summed E-state index contributed by atoms with van der Waals surface area (Å²) in [5.74, 6) is -0.175. The molecule has 0 saturated carbocycles.